The summed E-state index contributed by atoms with van der Waals surface area (Å²) in [6, 6.07) is 10.0. The van der Waals surface area contributed by atoms with Gasteiger partial charge in [0.2, 0.25) is 5.88 Å². The molecule has 5 nitrogen and oxygen atoms in total. The summed E-state index contributed by atoms with van der Waals surface area (Å²) >= 11 is 0. The Morgan fingerprint density at radius 1 is 1.09 bits per heavy atom. The largest absolute Gasteiger partial charge is 0.496 e. The third-order valence-corrected chi connectivity index (χ3v) is 3.93. The van der Waals surface area contributed by atoms with E-state index in [9.17, 15) is 0 Å². The van der Waals surface area contributed by atoms with E-state index >= 15 is 0 Å². The minimum absolute atomic E-state index is 0.246. The van der Waals surface area contributed by atoms with Crippen LogP contribution in [0.5, 0.6) is 17.4 Å². The third kappa shape index (κ3) is 2.37. The number of hydrogen-bond donors (Lipinski definition) is 0. The first-order valence-electron chi connectivity index (χ1n) is 7.17. The molecule has 0 radical (unpaired) electrons. The molecule has 3 rings (SSSR count). The first kappa shape index (κ1) is 14.7. The molecule has 1 aliphatic rings. The molecule has 22 heavy (non-hydrogen) atoms. The summed E-state index contributed by atoms with van der Waals surface area (Å²) in [5, 5.41) is 0. The van der Waals surface area contributed by atoms with E-state index in [1.165, 1.54) is 0 Å². The maximum atomic E-state index is 5.75. The van der Waals surface area contributed by atoms with Gasteiger partial charge in [0.1, 0.15) is 18.1 Å². The van der Waals surface area contributed by atoms with Crippen LogP contribution in [0.1, 0.15) is 11.6 Å². The van der Waals surface area contributed by atoms with Gasteiger partial charge < -0.3 is 14.2 Å². The lowest BCUT2D eigenvalue weighted by Crippen LogP contribution is -2.20. The fraction of sp³-hybridized carbons (Fsp3) is 0.353. The molecular formula is C17H20N2O3. The van der Waals surface area contributed by atoms with E-state index in [1.807, 2.05) is 38.4 Å². The van der Waals surface area contributed by atoms with Crippen molar-refractivity contribution in [3.8, 4) is 28.6 Å². The van der Waals surface area contributed by atoms with Gasteiger partial charge in [0.05, 0.1) is 31.5 Å². The minimum Gasteiger partial charge on any atom is -0.496 e. The molecule has 1 aromatic carbocycles. The molecule has 2 aromatic rings. The van der Waals surface area contributed by atoms with Crippen LogP contribution in [-0.4, -0.2) is 44.8 Å². The molecule has 0 aliphatic carbocycles. The van der Waals surface area contributed by atoms with Crippen molar-refractivity contribution in [2.24, 2.45) is 0 Å². The second kappa shape index (κ2) is 5.85. The van der Waals surface area contributed by atoms with Gasteiger partial charge in [-0.2, -0.15) is 0 Å². The van der Waals surface area contributed by atoms with Gasteiger partial charge in [0, 0.05) is 5.56 Å². The van der Waals surface area contributed by atoms with Crippen LogP contribution in [0.25, 0.3) is 11.3 Å². The van der Waals surface area contributed by atoms with Gasteiger partial charge in [-0.15, -0.1) is 0 Å². The normalized spacial score (nSPS) is 16.3. The lowest BCUT2D eigenvalue weighted by Gasteiger charge is -2.17. The number of hydrogen-bond acceptors (Lipinski definition) is 5. The molecular weight excluding hydrogens is 280 g/mol. The zero-order chi connectivity index (χ0) is 15.7. The van der Waals surface area contributed by atoms with Gasteiger partial charge in [0.25, 0.3) is 0 Å². The second-order valence-electron chi connectivity index (χ2n) is 5.42. The van der Waals surface area contributed by atoms with Crippen LogP contribution >= 0.6 is 0 Å². The quantitative estimate of drug-likeness (QED) is 0.868. The molecule has 5 heteroatoms. The average Bonchev–Trinajstić information content (AvgIpc) is 2.97. The molecule has 116 valence electrons. The van der Waals surface area contributed by atoms with E-state index in [2.05, 4.69) is 16.0 Å². The summed E-state index contributed by atoms with van der Waals surface area (Å²) in [4.78, 5) is 6.80. The predicted octanol–water partition coefficient (Wildman–Crippen LogP) is 2.76. The Kier molecular flexibility index (Phi) is 3.90. The highest BCUT2D eigenvalue weighted by Gasteiger charge is 2.28. The number of benzene rings is 1. The van der Waals surface area contributed by atoms with Gasteiger partial charge in [-0.05, 0) is 38.4 Å². The Hall–Kier alpha value is -2.27. The Labute approximate surface area is 130 Å². The lowest BCUT2D eigenvalue weighted by molar-refractivity contribution is 0.224. The number of nitrogens with zero attached hydrogens (tertiary/aromatic N) is 2. The first-order chi connectivity index (χ1) is 10.7. The molecule has 1 aliphatic heterocycles. The monoisotopic (exact) mass is 300 g/mol. The maximum absolute atomic E-state index is 5.75. The number of fused-ring (bicyclic) bond motifs is 1. The van der Waals surface area contributed by atoms with Gasteiger partial charge >= 0.3 is 0 Å². The lowest BCUT2D eigenvalue weighted by atomic mass is 10.1. The van der Waals surface area contributed by atoms with Crippen LogP contribution in [0.15, 0.2) is 30.3 Å². The molecule has 0 saturated heterocycles. The van der Waals surface area contributed by atoms with E-state index in [0.717, 1.165) is 28.3 Å². The molecule has 0 spiro atoms. The Bertz CT molecular complexity index is 663. The standard InChI is InChI=1S/C17H20N2O3/c1-19(2)13-10-22-17-11(13)8-9-12(18-17)16-14(20-3)6-5-7-15(16)21-4/h5-9,13H,10H2,1-4H3. The molecule has 1 atom stereocenters. The zero-order valence-electron chi connectivity index (χ0n) is 13.3. The van der Waals surface area contributed by atoms with E-state index in [4.69, 9.17) is 14.2 Å². The van der Waals surface area contributed by atoms with Gasteiger partial charge in [0.15, 0.2) is 0 Å². The summed E-state index contributed by atoms with van der Waals surface area (Å²) < 4.78 is 16.7. The van der Waals surface area contributed by atoms with Crippen LogP contribution < -0.4 is 14.2 Å². The van der Waals surface area contributed by atoms with Gasteiger partial charge in [-0.3, -0.25) is 4.90 Å². The van der Waals surface area contributed by atoms with Crippen molar-refractivity contribution in [3.63, 3.8) is 0 Å². The first-order valence-corrected chi connectivity index (χ1v) is 7.17. The summed E-state index contributed by atoms with van der Waals surface area (Å²) in [6.45, 7) is 0.627. The van der Waals surface area contributed by atoms with Crippen molar-refractivity contribution >= 4 is 0 Å². The molecule has 1 aromatic heterocycles. The van der Waals surface area contributed by atoms with Crippen molar-refractivity contribution in [2.75, 3.05) is 34.9 Å². The van der Waals surface area contributed by atoms with Crippen molar-refractivity contribution in [1.29, 1.82) is 0 Å². The van der Waals surface area contributed by atoms with Crippen LogP contribution in [0.2, 0.25) is 0 Å². The summed E-state index contributed by atoms with van der Waals surface area (Å²) in [6.07, 6.45) is 0. The van der Waals surface area contributed by atoms with Crippen molar-refractivity contribution in [3.05, 3.63) is 35.9 Å². The topological polar surface area (TPSA) is 43.8 Å². The molecule has 0 saturated carbocycles. The van der Waals surface area contributed by atoms with Crippen LogP contribution in [-0.2, 0) is 0 Å². The third-order valence-electron chi connectivity index (χ3n) is 3.93. The van der Waals surface area contributed by atoms with Crippen molar-refractivity contribution in [1.82, 2.24) is 9.88 Å². The maximum Gasteiger partial charge on any atom is 0.218 e. The minimum atomic E-state index is 0.246. The molecule has 0 bridgehead atoms. The summed E-state index contributed by atoms with van der Waals surface area (Å²) in [7, 11) is 7.37. The van der Waals surface area contributed by atoms with Crippen LogP contribution in [0.3, 0.4) is 0 Å². The fourth-order valence-corrected chi connectivity index (χ4v) is 2.74. The Morgan fingerprint density at radius 2 is 1.77 bits per heavy atom. The smallest absolute Gasteiger partial charge is 0.218 e. The van der Waals surface area contributed by atoms with Gasteiger partial charge in [-0.1, -0.05) is 6.07 Å². The number of methoxy groups -OCH3 is 2. The molecule has 0 amide bonds. The number of likely N-dealkylation sites (N-methyl/N-ethyl adjacent to an activating group) is 1. The highest BCUT2D eigenvalue weighted by Crippen LogP contribution is 2.40. The van der Waals surface area contributed by atoms with Gasteiger partial charge in [-0.25, -0.2) is 4.98 Å². The van der Waals surface area contributed by atoms with Crippen LogP contribution in [0, 0.1) is 0 Å². The summed E-state index contributed by atoms with van der Waals surface area (Å²) in [5.41, 5.74) is 2.74. The van der Waals surface area contributed by atoms with E-state index in [0.29, 0.717) is 12.5 Å². The molecule has 0 fully saturated rings. The predicted molar refractivity (Wildman–Crippen MR) is 84.7 cm³/mol. The Morgan fingerprint density at radius 3 is 2.36 bits per heavy atom. The average molecular weight is 300 g/mol. The SMILES string of the molecule is COc1cccc(OC)c1-c1ccc2c(n1)OCC2N(C)C. The Balaban J connectivity index is 2.08. The van der Waals surface area contributed by atoms with Crippen molar-refractivity contribution in [2.45, 2.75) is 6.04 Å². The van der Waals surface area contributed by atoms with E-state index < -0.39 is 0 Å². The molecule has 2 heterocycles. The number of pyridine rings is 1. The number of rotatable bonds is 4. The summed E-state index contributed by atoms with van der Waals surface area (Å²) in [5.74, 6) is 2.15. The molecule has 0 N–H and O–H groups in total. The van der Waals surface area contributed by atoms with Crippen molar-refractivity contribution < 1.29 is 14.2 Å². The second-order valence-corrected chi connectivity index (χ2v) is 5.42. The fourth-order valence-electron chi connectivity index (χ4n) is 2.74. The highest BCUT2D eigenvalue weighted by atomic mass is 16.5. The number of ether oxygens (including phenoxy) is 3. The molecule has 1 unspecified atom stereocenters. The van der Waals surface area contributed by atoms with E-state index in [1.54, 1.807) is 14.2 Å². The highest BCUT2D eigenvalue weighted by molar-refractivity contribution is 5.75. The van der Waals surface area contributed by atoms with E-state index in [-0.39, 0.29) is 6.04 Å². The number of aromatic nitrogens is 1. The van der Waals surface area contributed by atoms with Crippen LogP contribution in [0.4, 0.5) is 0 Å². The zero-order valence-corrected chi connectivity index (χ0v) is 13.3.